The number of ether oxygens (including phenoxy) is 2. The summed E-state index contributed by atoms with van der Waals surface area (Å²) >= 11 is 5.75. The molecule has 0 bridgehead atoms. The Morgan fingerprint density at radius 1 is 1.00 bits per heavy atom. The van der Waals surface area contributed by atoms with Crippen molar-refractivity contribution in [2.75, 3.05) is 7.11 Å². The fraction of sp³-hybridized carbons (Fsp3) is 0.0625. The fourth-order valence-electron chi connectivity index (χ4n) is 1.53. The van der Waals surface area contributed by atoms with Gasteiger partial charge in [0, 0.05) is 11.1 Å². The minimum Gasteiger partial charge on any atom is -0.497 e. The Kier molecular flexibility index (Phi) is 4.80. The van der Waals surface area contributed by atoms with E-state index >= 15 is 0 Å². The molecule has 2 aromatic carbocycles. The highest BCUT2D eigenvalue weighted by Gasteiger charge is 2.00. The van der Waals surface area contributed by atoms with Crippen LogP contribution in [0.25, 0.3) is 6.08 Å². The van der Waals surface area contributed by atoms with Gasteiger partial charge in [0.2, 0.25) is 0 Å². The second-order valence-electron chi connectivity index (χ2n) is 3.98. The zero-order chi connectivity index (χ0) is 14.4. The zero-order valence-corrected chi connectivity index (χ0v) is 11.6. The monoisotopic (exact) mass is 288 g/mol. The third-order valence-electron chi connectivity index (χ3n) is 2.56. The van der Waals surface area contributed by atoms with E-state index in [4.69, 9.17) is 21.1 Å². The van der Waals surface area contributed by atoms with Gasteiger partial charge in [0.05, 0.1) is 7.11 Å². The molecule has 0 aliphatic heterocycles. The average molecular weight is 289 g/mol. The maximum atomic E-state index is 11.6. The topological polar surface area (TPSA) is 35.5 Å². The van der Waals surface area contributed by atoms with Crippen molar-refractivity contribution < 1.29 is 14.3 Å². The van der Waals surface area contributed by atoms with E-state index < -0.39 is 5.97 Å². The number of hydrogen-bond donors (Lipinski definition) is 0. The van der Waals surface area contributed by atoms with Crippen LogP contribution in [-0.2, 0) is 4.79 Å². The molecule has 20 heavy (non-hydrogen) atoms. The number of carbonyl (C=O) groups is 1. The molecule has 0 aliphatic rings. The molecule has 4 heteroatoms. The Bertz CT molecular complexity index is 601. The maximum Gasteiger partial charge on any atom is 0.336 e. The molecular weight excluding hydrogens is 276 g/mol. The van der Waals surface area contributed by atoms with Crippen LogP contribution in [0.1, 0.15) is 5.56 Å². The van der Waals surface area contributed by atoms with E-state index in [-0.39, 0.29) is 0 Å². The van der Waals surface area contributed by atoms with Crippen molar-refractivity contribution in [3.05, 3.63) is 65.2 Å². The molecule has 0 radical (unpaired) electrons. The number of carbonyl (C=O) groups excluding carboxylic acids is 1. The summed E-state index contributed by atoms with van der Waals surface area (Å²) in [5.41, 5.74) is 0.888. The van der Waals surface area contributed by atoms with Crippen molar-refractivity contribution in [2.24, 2.45) is 0 Å². The highest BCUT2D eigenvalue weighted by molar-refractivity contribution is 6.30. The normalized spacial score (nSPS) is 10.5. The molecule has 0 saturated carbocycles. The highest BCUT2D eigenvalue weighted by Crippen LogP contribution is 2.16. The molecule has 0 atom stereocenters. The summed E-state index contributed by atoms with van der Waals surface area (Å²) in [6, 6.07) is 14.0. The lowest BCUT2D eigenvalue weighted by Gasteiger charge is -2.01. The second-order valence-corrected chi connectivity index (χ2v) is 4.42. The molecule has 0 amide bonds. The SMILES string of the molecule is COc1ccc(/C=C/C(=O)Oc2ccc(Cl)cc2)cc1. The summed E-state index contributed by atoms with van der Waals surface area (Å²) in [7, 11) is 1.61. The van der Waals surface area contributed by atoms with Crippen molar-refractivity contribution in [1.82, 2.24) is 0 Å². The third kappa shape index (κ3) is 4.14. The van der Waals surface area contributed by atoms with Crippen LogP contribution in [0.2, 0.25) is 5.02 Å². The molecule has 0 unspecified atom stereocenters. The van der Waals surface area contributed by atoms with Gasteiger partial charge in [0.25, 0.3) is 0 Å². The number of rotatable bonds is 4. The van der Waals surface area contributed by atoms with Gasteiger partial charge < -0.3 is 9.47 Å². The van der Waals surface area contributed by atoms with E-state index in [0.29, 0.717) is 10.8 Å². The Labute approximate surface area is 122 Å². The molecule has 0 fully saturated rings. The smallest absolute Gasteiger partial charge is 0.336 e. The van der Waals surface area contributed by atoms with Crippen LogP contribution in [-0.4, -0.2) is 13.1 Å². The molecule has 0 heterocycles. The van der Waals surface area contributed by atoms with Gasteiger partial charge in [-0.2, -0.15) is 0 Å². The lowest BCUT2D eigenvalue weighted by molar-refractivity contribution is -0.128. The molecule has 0 saturated heterocycles. The summed E-state index contributed by atoms with van der Waals surface area (Å²) in [6.07, 6.45) is 3.05. The van der Waals surface area contributed by atoms with Gasteiger partial charge in [-0.25, -0.2) is 4.79 Å². The van der Waals surface area contributed by atoms with Crippen molar-refractivity contribution >= 4 is 23.6 Å². The first-order valence-electron chi connectivity index (χ1n) is 5.97. The Morgan fingerprint density at radius 3 is 2.20 bits per heavy atom. The summed E-state index contributed by atoms with van der Waals surface area (Å²) in [6.45, 7) is 0. The van der Waals surface area contributed by atoms with Crippen molar-refractivity contribution in [1.29, 1.82) is 0 Å². The largest absolute Gasteiger partial charge is 0.497 e. The van der Waals surface area contributed by atoms with Crippen LogP contribution in [0.3, 0.4) is 0 Å². The third-order valence-corrected chi connectivity index (χ3v) is 2.81. The van der Waals surface area contributed by atoms with Crippen molar-refractivity contribution in [3.63, 3.8) is 0 Å². The average Bonchev–Trinajstić information content (AvgIpc) is 2.48. The number of esters is 1. The lowest BCUT2D eigenvalue weighted by Crippen LogP contribution is -2.03. The van der Waals surface area contributed by atoms with Crippen LogP contribution in [0.4, 0.5) is 0 Å². The number of halogens is 1. The standard InChI is InChI=1S/C16H13ClO3/c1-19-14-7-2-12(3-8-14)4-11-16(18)20-15-9-5-13(17)6-10-15/h2-11H,1H3/b11-4+. The van der Waals surface area contributed by atoms with Crippen LogP contribution in [0.5, 0.6) is 11.5 Å². The van der Waals surface area contributed by atoms with Gasteiger partial charge in [0.15, 0.2) is 0 Å². The van der Waals surface area contributed by atoms with E-state index in [1.54, 1.807) is 37.5 Å². The second kappa shape index (κ2) is 6.78. The van der Waals surface area contributed by atoms with Gasteiger partial charge >= 0.3 is 5.97 Å². The summed E-state index contributed by atoms with van der Waals surface area (Å²) in [5.74, 6) is 0.785. The summed E-state index contributed by atoms with van der Waals surface area (Å²) < 4.78 is 10.2. The van der Waals surface area contributed by atoms with Gasteiger partial charge in [-0.1, -0.05) is 23.7 Å². The van der Waals surface area contributed by atoms with Gasteiger partial charge in [-0.3, -0.25) is 0 Å². The van der Waals surface area contributed by atoms with Crippen LogP contribution in [0, 0.1) is 0 Å². The highest BCUT2D eigenvalue weighted by atomic mass is 35.5. The molecule has 0 spiro atoms. The zero-order valence-electron chi connectivity index (χ0n) is 10.9. The fourth-order valence-corrected chi connectivity index (χ4v) is 1.66. The molecule has 3 nitrogen and oxygen atoms in total. The van der Waals surface area contributed by atoms with Gasteiger partial charge in [0.1, 0.15) is 11.5 Å². The molecule has 0 aliphatic carbocycles. The van der Waals surface area contributed by atoms with E-state index in [1.807, 2.05) is 24.3 Å². The molecule has 0 aromatic heterocycles. The minimum atomic E-state index is -0.442. The Balaban J connectivity index is 1.96. The summed E-state index contributed by atoms with van der Waals surface area (Å²) in [5, 5.41) is 0.596. The predicted octanol–water partition coefficient (Wildman–Crippen LogP) is 3.97. The van der Waals surface area contributed by atoms with Gasteiger partial charge in [-0.15, -0.1) is 0 Å². The number of benzene rings is 2. The van der Waals surface area contributed by atoms with Gasteiger partial charge in [-0.05, 0) is 48.0 Å². The Hall–Kier alpha value is -2.26. The Morgan fingerprint density at radius 2 is 1.60 bits per heavy atom. The van der Waals surface area contributed by atoms with Crippen LogP contribution >= 0.6 is 11.6 Å². The first-order valence-corrected chi connectivity index (χ1v) is 6.35. The quantitative estimate of drug-likeness (QED) is 0.485. The van der Waals surface area contributed by atoms with E-state index in [1.165, 1.54) is 6.08 Å². The molecule has 102 valence electrons. The first-order chi connectivity index (χ1) is 9.67. The van der Waals surface area contributed by atoms with Crippen molar-refractivity contribution in [3.8, 4) is 11.5 Å². The van der Waals surface area contributed by atoms with E-state index in [9.17, 15) is 4.79 Å². The predicted molar refractivity (Wildman–Crippen MR) is 79.1 cm³/mol. The van der Waals surface area contributed by atoms with Crippen LogP contribution < -0.4 is 9.47 Å². The molecular formula is C16H13ClO3. The minimum absolute atomic E-state index is 0.442. The van der Waals surface area contributed by atoms with E-state index in [2.05, 4.69) is 0 Å². The molecule has 0 N–H and O–H groups in total. The van der Waals surface area contributed by atoms with Crippen molar-refractivity contribution in [2.45, 2.75) is 0 Å². The first kappa shape index (κ1) is 14.2. The lowest BCUT2D eigenvalue weighted by atomic mass is 10.2. The molecule has 2 rings (SSSR count). The number of methoxy groups -OCH3 is 1. The maximum absolute atomic E-state index is 11.6. The molecule has 2 aromatic rings. The number of hydrogen-bond acceptors (Lipinski definition) is 3. The van der Waals surface area contributed by atoms with Crippen LogP contribution in [0.15, 0.2) is 54.6 Å². The van der Waals surface area contributed by atoms with E-state index in [0.717, 1.165) is 11.3 Å². The summed E-state index contributed by atoms with van der Waals surface area (Å²) in [4.78, 5) is 11.6.